The van der Waals surface area contributed by atoms with Gasteiger partial charge >= 0.3 is 0 Å². The van der Waals surface area contributed by atoms with Crippen molar-refractivity contribution in [3.63, 3.8) is 0 Å². The monoisotopic (exact) mass is 277 g/mol. The molecule has 0 aromatic heterocycles. The van der Waals surface area contributed by atoms with Gasteiger partial charge in [-0.15, -0.1) is 0 Å². The predicted octanol–water partition coefficient (Wildman–Crippen LogP) is 3.98. The summed E-state index contributed by atoms with van der Waals surface area (Å²) >= 11 is 0. The minimum absolute atomic E-state index is 0.105. The molecule has 1 aromatic carbocycles. The Morgan fingerprint density at radius 2 is 1.55 bits per heavy atom. The standard InChI is InChI=1S/C17H27NO2/c1-12-10-15(19-2)16(20-3)11-14(12)17(18)13-8-6-4-5-7-9-13/h10-11,13,17H,4-9,18H2,1-3H3. The number of hydrogen-bond donors (Lipinski definition) is 1. The Hall–Kier alpha value is -1.22. The molecule has 2 rings (SSSR count). The summed E-state index contributed by atoms with van der Waals surface area (Å²) in [7, 11) is 3.34. The van der Waals surface area contributed by atoms with E-state index in [9.17, 15) is 0 Å². The van der Waals surface area contributed by atoms with Crippen LogP contribution in [-0.2, 0) is 0 Å². The molecule has 0 spiro atoms. The summed E-state index contributed by atoms with van der Waals surface area (Å²) < 4.78 is 10.8. The van der Waals surface area contributed by atoms with Gasteiger partial charge in [-0.3, -0.25) is 0 Å². The van der Waals surface area contributed by atoms with Crippen LogP contribution in [0.2, 0.25) is 0 Å². The first kappa shape index (κ1) is 15.2. The summed E-state index contributed by atoms with van der Waals surface area (Å²) in [5.74, 6) is 2.15. The van der Waals surface area contributed by atoms with Crippen molar-refractivity contribution in [3.05, 3.63) is 23.3 Å². The maximum absolute atomic E-state index is 6.56. The topological polar surface area (TPSA) is 44.5 Å². The molecule has 1 saturated carbocycles. The number of ether oxygens (including phenoxy) is 2. The fourth-order valence-corrected chi connectivity index (χ4v) is 3.28. The van der Waals surface area contributed by atoms with Crippen LogP contribution in [0.25, 0.3) is 0 Å². The van der Waals surface area contributed by atoms with Crippen LogP contribution in [0.15, 0.2) is 12.1 Å². The van der Waals surface area contributed by atoms with Crippen LogP contribution in [0.5, 0.6) is 11.5 Å². The van der Waals surface area contributed by atoms with Gasteiger partial charge in [0, 0.05) is 6.04 Å². The lowest BCUT2D eigenvalue weighted by Gasteiger charge is -2.25. The van der Waals surface area contributed by atoms with Crippen molar-refractivity contribution in [2.75, 3.05) is 14.2 Å². The van der Waals surface area contributed by atoms with E-state index in [4.69, 9.17) is 15.2 Å². The summed E-state index contributed by atoms with van der Waals surface area (Å²) in [5, 5.41) is 0. The first-order chi connectivity index (χ1) is 9.67. The molecule has 3 heteroatoms. The number of rotatable bonds is 4. The normalized spacial score (nSPS) is 18.4. The SMILES string of the molecule is COc1cc(C)c(C(N)C2CCCCCC2)cc1OC. The summed E-state index contributed by atoms with van der Waals surface area (Å²) in [6, 6.07) is 4.20. The van der Waals surface area contributed by atoms with Crippen LogP contribution in [0.4, 0.5) is 0 Å². The van der Waals surface area contributed by atoms with Gasteiger partial charge in [0.25, 0.3) is 0 Å². The fraction of sp³-hybridized carbons (Fsp3) is 0.647. The smallest absolute Gasteiger partial charge is 0.161 e. The molecule has 0 saturated heterocycles. The number of nitrogens with two attached hydrogens (primary N) is 1. The van der Waals surface area contributed by atoms with E-state index < -0.39 is 0 Å². The Balaban J connectivity index is 2.26. The zero-order chi connectivity index (χ0) is 14.5. The van der Waals surface area contributed by atoms with Crippen molar-refractivity contribution in [3.8, 4) is 11.5 Å². The number of methoxy groups -OCH3 is 2. The molecule has 2 N–H and O–H groups in total. The molecule has 1 aliphatic carbocycles. The second kappa shape index (κ2) is 6.98. The van der Waals surface area contributed by atoms with E-state index in [1.54, 1.807) is 14.2 Å². The molecular weight excluding hydrogens is 250 g/mol. The minimum Gasteiger partial charge on any atom is -0.493 e. The lowest BCUT2D eigenvalue weighted by atomic mass is 9.86. The summed E-state index contributed by atoms with van der Waals surface area (Å²) in [6.45, 7) is 2.11. The molecule has 1 atom stereocenters. The van der Waals surface area contributed by atoms with Crippen LogP contribution in [0.3, 0.4) is 0 Å². The van der Waals surface area contributed by atoms with Crippen molar-refractivity contribution >= 4 is 0 Å². The third kappa shape index (κ3) is 3.26. The summed E-state index contributed by atoms with van der Waals surface area (Å²) in [4.78, 5) is 0. The Morgan fingerprint density at radius 1 is 1.00 bits per heavy atom. The van der Waals surface area contributed by atoms with Gasteiger partial charge in [-0.25, -0.2) is 0 Å². The molecule has 1 fully saturated rings. The Labute approximate surface area is 122 Å². The Bertz CT molecular complexity index is 437. The Kier molecular flexibility index (Phi) is 5.30. The van der Waals surface area contributed by atoms with E-state index >= 15 is 0 Å². The van der Waals surface area contributed by atoms with Crippen LogP contribution in [-0.4, -0.2) is 14.2 Å². The van der Waals surface area contributed by atoms with Gasteiger partial charge in [0.1, 0.15) is 0 Å². The van der Waals surface area contributed by atoms with E-state index in [0.29, 0.717) is 5.92 Å². The molecular formula is C17H27NO2. The highest BCUT2D eigenvalue weighted by Crippen LogP contribution is 2.37. The Morgan fingerprint density at radius 3 is 2.10 bits per heavy atom. The third-order valence-electron chi connectivity index (χ3n) is 4.54. The van der Waals surface area contributed by atoms with Crippen LogP contribution in [0.1, 0.15) is 55.7 Å². The van der Waals surface area contributed by atoms with Crippen LogP contribution < -0.4 is 15.2 Å². The lowest BCUT2D eigenvalue weighted by molar-refractivity contribution is 0.349. The van der Waals surface area contributed by atoms with E-state index in [1.165, 1.54) is 49.7 Å². The first-order valence-corrected chi connectivity index (χ1v) is 7.65. The van der Waals surface area contributed by atoms with Crippen molar-refractivity contribution < 1.29 is 9.47 Å². The highest BCUT2D eigenvalue weighted by atomic mass is 16.5. The second-order valence-corrected chi connectivity index (χ2v) is 5.84. The van der Waals surface area contributed by atoms with Gasteiger partial charge in [-0.2, -0.15) is 0 Å². The van der Waals surface area contributed by atoms with Gasteiger partial charge in [-0.1, -0.05) is 25.7 Å². The largest absolute Gasteiger partial charge is 0.493 e. The lowest BCUT2D eigenvalue weighted by Crippen LogP contribution is -2.22. The van der Waals surface area contributed by atoms with Gasteiger partial charge < -0.3 is 15.2 Å². The fourth-order valence-electron chi connectivity index (χ4n) is 3.28. The van der Waals surface area contributed by atoms with Gasteiger partial charge in [-0.05, 0) is 48.9 Å². The molecule has 0 heterocycles. The molecule has 112 valence electrons. The molecule has 0 radical (unpaired) electrons. The average molecular weight is 277 g/mol. The second-order valence-electron chi connectivity index (χ2n) is 5.84. The summed E-state index contributed by atoms with van der Waals surface area (Å²) in [5.41, 5.74) is 8.96. The maximum Gasteiger partial charge on any atom is 0.161 e. The van der Waals surface area contributed by atoms with Crippen LogP contribution in [0, 0.1) is 12.8 Å². The molecule has 20 heavy (non-hydrogen) atoms. The highest BCUT2D eigenvalue weighted by molar-refractivity contribution is 5.48. The zero-order valence-corrected chi connectivity index (χ0v) is 12.9. The highest BCUT2D eigenvalue weighted by Gasteiger charge is 2.23. The van der Waals surface area contributed by atoms with Crippen molar-refractivity contribution in [2.45, 2.75) is 51.5 Å². The minimum atomic E-state index is 0.105. The van der Waals surface area contributed by atoms with Gasteiger partial charge in [0.2, 0.25) is 0 Å². The first-order valence-electron chi connectivity index (χ1n) is 7.65. The molecule has 3 nitrogen and oxygen atoms in total. The number of hydrogen-bond acceptors (Lipinski definition) is 3. The third-order valence-corrected chi connectivity index (χ3v) is 4.54. The molecule has 1 aromatic rings. The van der Waals surface area contributed by atoms with Crippen LogP contribution >= 0.6 is 0 Å². The van der Waals surface area contributed by atoms with E-state index in [2.05, 4.69) is 13.0 Å². The van der Waals surface area contributed by atoms with Crippen molar-refractivity contribution in [1.29, 1.82) is 0 Å². The molecule has 0 bridgehead atoms. The van der Waals surface area contributed by atoms with Crippen molar-refractivity contribution in [1.82, 2.24) is 0 Å². The maximum atomic E-state index is 6.56. The van der Waals surface area contributed by atoms with Crippen molar-refractivity contribution in [2.24, 2.45) is 11.7 Å². The van der Waals surface area contributed by atoms with E-state index in [1.807, 2.05) is 6.07 Å². The molecule has 1 aliphatic rings. The van der Waals surface area contributed by atoms with Gasteiger partial charge in [0.05, 0.1) is 14.2 Å². The molecule has 1 unspecified atom stereocenters. The molecule has 0 aliphatic heterocycles. The quantitative estimate of drug-likeness (QED) is 0.847. The summed E-state index contributed by atoms with van der Waals surface area (Å²) in [6.07, 6.45) is 7.82. The zero-order valence-electron chi connectivity index (χ0n) is 12.9. The van der Waals surface area contributed by atoms with Gasteiger partial charge in [0.15, 0.2) is 11.5 Å². The predicted molar refractivity (Wildman–Crippen MR) is 82.4 cm³/mol. The van der Waals surface area contributed by atoms with E-state index in [0.717, 1.165) is 11.5 Å². The molecule has 0 amide bonds. The number of aryl methyl sites for hydroxylation is 1. The average Bonchev–Trinajstić information content (AvgIpc) is 2.75. The van der Waals surface area contributed by atoms with E-state index in [-0.39, 0.29) is 6.04 Å². The number of benzene rings is 1.